The number of hydrogen-bond acceptors (Lipinski definition) is 4. The first kappa shape index (κ1) is 15.9. The molecule has 0 bridgehead atoms. The van der Waals surface area contributed by atoms with E-state index in [1.165, 1.54) is 18.2 Å². The van der Waals surface area contributed by atoms with E-state index in [9.17, 15) is 13.2 Å². The molecule has 1 heterocycles. The second kappa shape index (κ2) is 6.29. The molecule has 3 aromatic rings. The van der Waals surface area contributed by atoms with E-state index >= 15 is 0 Å². The minimum absolute atomic E-state index is 0.178. The molecule has 0 aliphatic rings. The van der Waals surface area contributed by atoms with Gasteiger partial charge in [0.15, 0.2) is 0 Å². The van der Waals surface area contributed by atoms with Crippen LogP contribution in [0.1, 0.15) is 5.69 Å². The van der Waals surface area contributed by atoms with Crippen LogP contribution in [0.15, 0.2) is 70.4 Å². The molecule has 3 rings (SSSR count). The molecule has 122 valence electrons. The highest BCUT2D eigenvalue weighted by molar-refractivity contribution is 7.92. The molecule has 0 fully saturated rings. The molecule has 0 saturated carbocycles. The van der Waals surface area contributed by atoms with Crippen LogP contribution in [0, 0.1) is 6.92 Å². The normalized spacial score (nSPS) is 11.2. The van der Waals surface area contributed by atoms with Crippen molar-refractivity contribution >= 4 is 15.7 Å². The van der Waals surface area contributed by atoms with Crippen molar-refractivity contribution in [3.8, 4) is 11.4 Å². The maximum absolute atomic E-state index is 12.4. The molecule has 1 aromatic heterocycles. The third-order valence-electron chi connectivity index (χ3n) is 3.31. The third kappa shape index (κ3) is 3.52. The second-order valence-electron chi connectivity index (χ2n) is 5.23. The fourth-order valence-corrected chi connectivity index (χ4v) is 3.33. The van der Waals surface area contributed by atoms with E-state index in [0.29, 0.717) is 22.8 Å². The van der Waals surface area contributed by atoms with Gasteiger partial charge in [-0.05, 0) is 31.2 Å². The van der Waals surface area contributed by atoms with Gasteiger partial charge in [-0.3, -0.25) is 9.52 Å². The predicted molar refractivity (Wildman–Crippen MR) is 92.3 cm³/mol. The van der Waals surface area contributed by atoms with Gasteiger partial charge in [-0.25, -0.2) is 13.4 Å². The Hall–Kier alpha value is -2.93. The molecule has 0 spiro atoms. The standard InChI is InChI=1S/C17H15N3O3S/c1-12-10-16(21)19-17(18-12)13-6-5-7-14(11-13)20-24(22,23)15-8-3-2-4-9-15/h2-11,20H,1H3,(H,18,19,21). The Morgan fingerprint density at radius 1 is 1.00 bits per heavy atom. The van der Waals surface area contributed by atoms with Crippen LogP contribution in [0.25, 0.3) is 11.4 Å². The molecule has 0 aliphatic heterocycles. The number of aromatic amines is 1. The van der Waals surface area contributed by atoms with Crippen LogP contribution in [0.4, 0.5) is 5.69 Å². The first-order chi connectivity index (χ1) is 11.4. The van der Waals surface area contributed by atoms with Gasteiger partial charge in [0.2, 0.25) is 0 Å². The van der Waals surface area contributed by atoms with Gasteiger partial charge >= 0.3 is 0 Å². The summed E-state index contributed by atoms with van der Waals surface area (Å²) in [5.41, 5.74) is 1.33. The largest absolute Gasteiger partial charge is 0.307 e. The molecule has 0 unspecified atom stereocenters. The molecular weight excluding hydrogens is 326 g/mol. The number of hydrogen-bond donors (Lipinski definition) is 2. The van der Waals surface area contributed by atoms with Crippen LogP contribution in [-0.4, -0.2) is 18.4 Å². The van der Waals surface area contributed by atoms with Crippen molar-refractivity contribution in [3.05, 3.63) is 76.7 Å². The monoisotopic (exact) mass is 341 g/mol. The molecule has 2 aromatic carbocycles. The van der Waals surface area contributed by atoms with Crippen LogP contribution in [0.5, 0.6) is 0 Å². The molecule has 2 N–H and O–H groups in total. The first-order valence-corrected chi connectivity index (χ1v) is 8.69. The maximum atomic E-state index is 12.4. The van der Waals surface area contributed by atoms with E-state index < -0.39 is 10.0 Å². The molecule has 0 atom stereocenters. The maximum Gasteiger partial charge on any atom is 0.261 e. The van der Waals surface area contributed by atoms with Crippen molar-refractivity contribution in [3.63, 3.8) is 0 Å². The van der Waals surface area contributed by atoms with Crippen LogP contribution in [-0.2, 0) is 10.0 Å². The molecule has 24 heavy (non-hydrogen) atoms. The van der Waals surface area contributed by atoms with E-state index in [0.717, 1.165) is 0 Å². The lowest BCUT2D eigenvalue weighted by Crippen LogP contribution is -2.13. The number of sulfonamides is 1. The van der Waals surface area contributed by atoms with Crippen molar-refractivity contribution < 1.29 is 8.42 Å². The van der Waals surface area contributed by atoms with Gasteiger partial charge in [-0.15, -0.1) is 0 Å². The number of H-pyrrole nitrogens is 1. The van der Waals surface area contributed by atoms with E-state index in [1.54, 1.807) is 49.4 Å². The summed E-state index contributed by atoms with van der Waals surface area (Å²) in [6.07, 6.45) is 0. The first-order valence-electron chi connectivity index (χ1n) is 7.20. The van der Waals surface area contributed by atoms with Crippen molar-refractivity contribution in [2.45, 2.75) is 11.8 Å². The van der Waals surface area contributed by atoms with Crippen LogP contribution < -0.4 is 10.3 Å². The Morgan fingerprint density at radius 3 is 2.46 bits per heavy atom. The summed E-state index contributed by atoms with van der Waals surface area (Å²) in [7, 11) is -3.67. The number of rotatable bonds is 4. The van der Waals surface area contributed by atoms with Crippen molar-refractivity contribution in [2.24, 2.45) is 0 Å². The lowest BCUT2D eigenvalue weighted by molar-refractivity contribution is 0.601. The molecule has 0 aliphatic carbocycles. The van der Waals surface area contributed by atoms with E-state index in [4.69, 9.17) is 0 Å². The number of anilines is 1. The second-order valence-corrected chi connectivity index (χ2v) is 6.92. The van der Waals surface area contributed by atoms with Gasteiger partial charge in [0.25, 0.3) is 15.6 Å². The Kier molecular flexibility index (Phi) is 4.18. The summed E-state index contributed by atoms with van der Waals surface area (Å²) in [5.74, 6) is 0.390. The zero-order valence-corrected chi connectivity index (χ0v) is 13.7. The van der Waals surface area contributed by atoms with Gasteiger partial charge in [0.1, 0.15) is 5.82 Å². The highest BCUT2D eigenvalue weighted by Gasteiger charge is 2.14. The van der Waals surface area contributed by atoms with Gasteiger partial charge in [-0.1, -0.05) is 30.3 Å². The summed E-state index contributed by atoms with van der Waals surface area (Å²) in [6, 6.07) is 16.2. The van der Waals surface area contributed by atoms with Crippen molar-refractivity contribution in [2.75, 3.05) is 4.72 Å². The minimum Gasteiger partial charge on any atom is -0.307 e. The molecule has 6 nitrogen and oxygen atoms in total. The number of benzene rings is 2. The SMILES string of the molecule is Cc1cc(=O)[nH]c(-c2cccc(NS(=O)(=O)c3ccccc3)c2)n1. The summed E-state index contributed by atoms with van der Waals surface area (Å²) in [5, 5.41) is 0. The Labute approximate surface area is 139 Å². The molecule has 0 amide bonds. The highest BCUT2D eigenvalue weighted by Crippen LogP contribution is 2.21. The lowest BCUT2D eigenvalue weighted by Gasteiger charge is -2.09. The topological polar surface area (TPSA) is 91.9 Å². The molecule has 7 heteroatoms. The number of aryl methyl sites for hydroxylation is 1. The molecular formula is C17H15N3O3S. The van der Waals surface area contributed by atoms with Crippen molar-refractivity contribution in [1.82, 2.24) is 9.97 Å². The van der Waals surface area contributed by atoms with Gasteiger partial charge < -0.3 is 4.98 Å². The average Bonchev–Trinajstić information content (AvgIpc) is 2.55. The number of nitrogens with zero attached hydrogens (tertiary/aromatic N) is 1. The summed E-state index contributed by atoms with van der Waals surface area (Å²) in [6.45, 7) is 1.72. The van der Waals surface area contributed by atoms with E-state index in [-0.39, 0.29) is 10.5 Å². The quantitative estimate of drug-likeness (QED) is 0.763. The van der Waals surface area contributed by atoms with E-state index in [2.05, 4.69) is 14.7 Å². The highest BCUT2D eigenvalue weighted by atomic mass is 32.2. The predicted octanol–water partition coefficient (Wildman–Crippen LogP) is 2.55. The Morgan fingerprint density at radius 2 is 1.75 bits per heavy atom. The number of aromatic nitrogens is 2. The fourth-order valence-electron chi connectivity index (χ4n) is 2.26. The zero-order chi connectivity index (χ0) is 17.2. The van der Waals surface area contributed by atoms with Crippen LogP contribution in [0.3, 0.4) is 0 Å². The fraction of sp³-hybridized carbons (Fsp3) is 0.0588. The smallest absolute Gasteiger partial charge is 0.261 e. The van der Waals surface area contributed by atoms with Gasteiger partial charge in [-0.2, -0.15) is 0 Å². The van der Waals surface area contributed by atoms with Gasteiger partial charge in [0, 0.05) is 23.0 Å². The summed E-state index contributed by atoms with van der Waals surface area (Å²) in [4.78, 5) is 18.7. The van der Waals surface area contributed by atoms with Crippen LogP contribution >= 0.6 is 0 Å². The summed E-state index contributed by atoms with van der Waals surface area (Å²) >= 11 is 0. The minimum atomic E-state index is -3.67. The Balaban J connectivity index is 1.95. The number of nitrogens with one attached hydrogen (secondary N) is 2. The average molecular weight is 341 g/mol. The Bertz CT molecular complexity index is 1030. The summed E-state index contributed by atoms with van der Waals surface area (Å²) < 4.78 is 27.3. The third-order valence-corrected chi connectivity index (χ3v) is 4.71. The van der Waals surface area contributed by atoms with Crippen LogP contribution in [0.2, 0.25) is 0 Å². The van der Waals surface area contributed by atoms with Gasteiger partial charge in [0.05, 0.1) is 4.90 Å². The zero-order valence-electron chi connectivity index (χ0n) is 12.9. The van der Waals surface area contributed by atoms with E-state index in [1.807, 2.05) is 0 Å². The lowest BCUT2D eigenvalue weighted by atomic mass is 10.2. The molecule has 0 radical (unpaired) electrons. The van der Waals surface area contributed by atoms with Crippen molar-refractivity contribution in [1.29, 1.82) is 0 Å². The molecule has 0 saturated heterocycles.